The van der Waals surface area contributed by atoms with Gasteiger partial charge in [0.2, 0.25) is 11.4 Å². The van der Waals surface area contributed by atoms with Gasteiger partial charge in [-0.1, -0.05) is 89.9 Å². The van der Waals surface area contributed by atoms with Crippen LogP contribution in [0.3, 0.4) is 0 Å². The van der Waals surface area contributed by atoms with Gasteiger partial charge in [-0.2, -0.15) is 4.57 Å². The van der Waals surface area contributed by atoms with E-state index in [4.69, 9.17) is 23.2 Å². The Labute approximate surface area is 240 Å². The molecule has 0 saturated carbocycles. The number of nitrogens with zero attached hydrogens (tertiary/aromatic N) is 1. The second-order valence-electron chi connectivity index (χ2n) is 9.48. The largest absolute Gasteiger partial charge is 0.673 e. The molecule has 0 radical (unpaired) electrons. The second-order valence-corrected chi connectivity index (χ2v) is 10.3. The Balaban J connectivity index is 0.000000595. The van der Waals surface area contributed by atoms with Crippen LogP contribution in [0.25, 0.3) is 33.6 Å². The summed E-state index contributed by atoms with van der Waals surface area (Å²) in [7, 11) is -6.00. The van der Waals surface area contributed by atoms with E-state index in [1.54, 1.807) is 0 Å². The third-order valence-corrected chi connectivity index (χ3v) is 7.45. The number of fused-ring (bicyclic) bond motifs is 3. The lowest BCUT2D eigenvalue weighted by Crippen LogP contribution is -2.42. The van der Waals surface area contributed by atoms with Crippen LogP contribution in [0.15, 0.2) is 109 Å². The summed E-state index contributed by atoms with van der Waals surface area (Å²) in [4.78, 5) is 0. The number of hydrogen-bond donors (Lipinski definition) is 0. The third-order valence-electron chi connectivity index (χ3n) is 6.87. The molecule has 4 aromatic carbocycles. The zero-order chi connectivity index (χ0) is 28.3. The minimum Gasteiger partial charge on any atom is -0.418 e. The van der Waals surface area contributed by atoms with Gasteiger partial charge in [-0.05, 0) is 65.9 Å². The van der Waals surface area contributed by atoms with Crippen molar-refractivity contribution in [1.29, 1.82) is 0 Å². The fourth-order valence-electron chi connectivity index (χ4n) is 5.21. The van der Waals surface area contributed by atoms with E-state index in [1.807, 2.05) is 18.2 Å². The minimum absolute atomic E-state index is 0.652. The van der Waals surface area contributed by atoms with Crippen molar-refractivity contribution in [2.45, 2.75) is 19.4 Å². The number of benzene rings is 4. The Morgan fingerprint density at radius 3 is 1.90 bits per heavy atom. The first-order valence-electron chi connectivity index (χ1n) is 12.8. The van der Waals surface area contributed by atoms with Gasteiger partial charge in [0.05, 0.1) is 5.02 Å². The lowest BCUT2D eigenvalue weighted by molar-refractivity contribution is -0.666. The van der Waals surface area contributed by atoms with E-state index in [0.717, 1.165) is 18.4 Å². The van der Waals surface area contributed by atoms with Crippen molar-refractivity contribution in [3.8, 4) is 33.6 Å². The van der Waals surface area contributed by atoms with Crippen LogP contribution in [0.1, 0.15) is 16.7 Å². The molecule has 1 aliphatic rings. The summed E-state index contributed by atoms with van der Waals surface area (Å²) in [5.41, 5.74) is 11.3. The highest BCUT2D eigenvalue weighted by Crippen LogP contribution is 2.39. The van der Waals surface area contributed by atoms with E-state index in [-0.39, 0.29) is 0 Å². The Hall–Kier alpha value is -3.61. The van der Waals surface area contributed by atoms with E-state index in [2.05, 4.69) is 95.6 Å². The summed E-state index contributed by atoms with van der Waals surface area (Å²) in [6, 6.07) is 38.3. The van der Waals surface area contributed by atoms with Crippen LogP contribution < -0.4 is 4.57 Å². The molecular weight excluding hydrogens is 556 g/mol. The van der Waals surface area contributed by atoms with E-state index in [9.17, 15) is 17.3 Å². The molecule has 0 spiro atoms. The number of halogens is 6. The van der Waals surface area contributed by atoms with Crippen LogP contribution in [-0.4, -0.2) is 7.25 Å². The number of rotatable bonds is 4. The lowest BCUT2D eigenvalue weighted by Gasteiger charge is -2.23. The topological polar surface area (TPSA) is 3.88 Å². The van der Waals surface area contributed by atoms with Gasteiger partial charge in [0.25, 0.3) is 0 Å². The maximum Gasteiger partial charge on any atom is 0.673 e. The highest BCUT2D eigenvalue weighted by Gasteiger charge is 2.32. The first-order chi connectivity index (χ1) is 19.2. The highest BCUT2D eigenvalue weighted by molar-refractivity contribution is 6.50. The first-order valence-corrected chi connectivity index (χ1v) is 13.5. The van der Waals surface area contributed by atoms with Gasteiger partial charge in [-0.25, -0.2) is 0 Å². The Morgan fingerprint density at radius 2 is 1.25 bits per heavy atom. The van der Waals surface area contributed by atoms with Crippen LogP contribution in [0.4, 0.5) is 17.3 Å². The van der Waals surface area contributed by atoms with Crippen molar-refractivity contribution in [1.82, 2.24) is 0 Å². The standard InChI is InChI=1S/C32H24Cl2N.BF4/c33-26-17-15-25(30(34)19-26)21-35-31(24-12-5-2-6-13-24)20-29(22-9-3-1-4-10-22)28-18-16-23-11-7-8-14-27(23)32(28)35;2-1(3,4)5/h1-15,17,19-20H,16,18,21H2;/q+1;-1. The Morgan fingerprint density at radius 1 is 0.650 bits per heavy atom. The predicted molar refractivity (Wildman–Crippen MR) is 156 cm³/mol. The van der Waals surface area contributed by atoms with Gasteiger partial charge in [-0.15, -0.1) is 0 Å². The normalized spacial score (nSPS) is 12.2. The molecule has 1 nitrogen and oxygen atoms in total. The zero-order valence-electron chi connectivity index (χ0n) is 21.3. The van der Waals surface area contributed by atoms with Crippen molar-refractivity contribution in [2.75, 3.05) is 0 Å². The molecule has 40 heavy (non-hydrogen) atoms. The van der Waals surface area contributed by atoms with Crippen LogP contribution >= 0.6 is 23.2 Å². The summed E-state index contributed by atoms with van der Waals surface area (Å²) < 4.78 is 41.4. The molecule has 0 N–H and O–H groups in total. The number of pyridine rings is 1. The first kappa shape index (κ1) is 27.9. The molecule has 0 aliphatic heterocycles. The smallest absolute Gasteiger partial charge is 0.418 e. The van der Waals surface area contributed by atoms with Gasteiger partial charge in [0.15, 0.2) is 6.54 Å². The molecular formula is C32H24BCl2F4N. The maximum absolute atomic E-state index is 9.75. The summed E-state index contributed by atoms with van der Waals surface area (Å²) >= 11 is 12.9. The summed E-state index contributed by atoms with van der Waals surface area (Å²) in [5.74, 6) is 0. The fourth-order valence-corrected chi connectivity index (χ4v) is 5.68. The van der Waals surface area contributed by atoms with Crippen LogP contribution in [-0.2, 0) is 19.4 Å². The average Bonchev–Trinajstić information content (AvgIpc) is 2.94. The van der Waals surface area contributed by atoms with Crippen LogP contribution in [0.2, 0.25) is 10.0 Å². The molecule has 0 fully saturated rings. The lowest BCUT2D eigenvalue weighted by atomic mass is 9.83. The fraction of sp³-hybridized carbons (Fsp3) is 0.0938. The predicted octanol–water partition coefficient (Wildman–Crippen LogP) is 9.73. The highest BCUT2D eigenvalue weighted by atomic mass is 35.5. The number of aromatic nitrogens is 1. The van der Waals surface area contributed by atoms with Gasteiger partial charge in [0, 0.05) is 33.3 Å². The second kappa shape index (κ2) is 11.9. The molecule has 1 aliphatic carbocycles. The minimum atomic E-state index is -6.00. The number of aryl methyl sites for hydroxylation is 1. The van der Waals surface area contributed by atoms with Gasteiger partial charge < -0.3 is 17.3 Å². The quantitative estimate of drug-likeness (QED) is 0.113. The van der Waals surface area contributed by atoms with E-state index in [0.29, 0.717) is 16.6 Å². The molecule has 1 heterocycles. The van der Waals surface area contributed by atoms with E-state index in [1.165, 1.54) is 44.8 Å². The zero-order valence-corrected chi connectivity index (χ0v) is 22.8. The van der Waals surface area contributed by atoms with Crippen LogP contribution in [0, 0.1) is 0 Å². The van der Waals surface area contributed by atoms with Crippen molar-refractivity contribution < 1.29 is 21.8 Å². The van der Waals surface area contributed by atoms with Crippen molar-refractivity contribution in [3.05, 3.63) is 136 Å². The molecule has 0 amide bonds. The van der Waals surface area contributed by atoms with Crippen LogP contribution in [0.5, 0.6) is 0 Å². The average molecular weight is 580 g/mol. The molecule has 0 bridgehead atoms. The summed E-state index contributed by atoms with van der Waals surface area (Å²) in [5, 5.41) is 1.34. The molecule has 0 saturated heterocycles. The summed E-state index contributed by atoms with van der Waals surface area (Å²) in [6.07, 6.45) is 2.04. The summed E-state index contributed by atoms with van der Waals surface area (Å²) in [6.45, 7) is 0.659. The van der Waals surface area contributed by atoms with E-state index >= 15 is 0 Å². The van der Waals surface area contributed by atoms with Crippen molar-refractivity contribution in [2.24, 2.45) is 0 Å². The maximum atomic E-state index is 9.75. The molecule has 6 rings (SSSR count). The van der Waals surface area contributed by atoms with E-state index < -0.39 is 7.25 Å². The Kier molecular flexibility index (Phi) is 8.29. The Bertz CT molecular complexity index is 1640. The molecule has 1 aromatic heterocycles. The molecule has 8 heteroatoms. The monoisotopic (exact) mass is 579 g/mol. The SMILES string of the molecule is Clc1ccc(C[n+]2c(-c3ccccc3)cc(-c3ccccc3)c3c2-c2ccccc2CC3)c(Cl)c1.F[B-](F)(F)F. The molecule has 0 unspecified atom stereocenters. The molecule has 202 valence electrons. The van der Waals surface area contributed by atoms with Gasteiger partial charge in [0.1, 0.15) is 0 Å². The van der Waals surface area contributed by atoms with Crippen molar-refractivity contribution in [3.63, 3.8) is 0 Å². The number of hydrogen-bond acceptors (Lipinski definition) is 0. The molecule has 5 aromatic rings. The third kappa shape index (κ3) is 6.40. The van der Waals surface area contributed by atoms with Gasteiger partial charge >= 0.3 is 7.25 Å². The van der Waals surface area contributed by atoms with Crippen molar-refractivity contribution >= 4 is 30.5 Å². The van der Waals surface area contributed by atoms with Gasteiger partial charge in [-0.3, -0.25) is 0 Å². The molecule has 0 atom stereocenters.